The summed E-state index contributed by atoms with van der Waals surface area (Å²) in [5.41, 5.74) is 4.08. The van der Waals surface area contributed by atoms with E-state index in [2.05, 4.69) is 144 Å². The second-order valence-corrected chi connectivity index (χ2v) is 12.0. The molecule has 0 aliphatic heterocycles. The van der Waals surface area contributed by atoms with E-state index in [9.17, 15) is 0 Å². The smallest absolute Gasteiger partial charge is 0.238 e. The van der Waals surface area contributed by atoms with E-state index in [1.165, 1.54) is 37.7 Å². The Morgan fingerprint density at radius 3 is 1.70 bits per heavy atom. The molecule has 0 saturated heterocycles. The molecule has 0 radical (unpaired) electrons. The van der Waals surface area contributed by atoms with Crippen molar-refractivity contribution in [2.24, 2.45) is 0 Å². The monoisotopic (exact) mass is 598 g/mol. The van der Waals surface area contributed by atoms with Crippen LogP contribution in [0.1, 0.15) is 0 Å². The highest BCUT2D eigenvalue weighted by atomic mass is 15.2. The number of nitrogens with zero attached hydrogens (tertiary/aromatic N) is 4. The SMILES string of the molecule is c1ccc(-c2nc(-c3ccc4ccccc4c3)nc(-n3c4c5ccccc5ccc4c4c5ccccc5c5ccccc5c43)n2)cc1. The van der Waals surface area contributed by atoms with Gasteiger partial charge in [-0.15, -0.1) is 0 Å². The van der Waals surface area contributed by atoms with E-state index < -0.39 is 0 Å². The van der Waals surface area contributed by atoms with E-state index in [1.807, 2.05) is 18.2 Å². The van der Waals surface area contributed by atoms with Crippen molar-refractivity contribution in [3.05, 3.63) is 158 Å². The van der Waals surface area contributed by atoms with E-state index >= 15 is 0 Å². The Bertz CT molecular complexity index is 2850. The highest BCUT2D eigenvalue weighted by Gasteiger charge is 2.23. The molecular formula is C43H26N4. The lowest BCUT2D eigenvalue weighted by molar-refractivity contribution is 0.957. The fourth-order valence-electron chi connectivity index (χ4n) is 7.28. The van der Waals surface area contributed by atoms with Gasteiger partial charge < -0.3 is 0 Å². The van der Waals surface area contributed by atoms with Crippen LogP contribution < -0.4 is 0 Å². The third kappa shape index (κ3) is 3.92. The minimum Gasteiger partial charge on any atom is -0.277 e. The average molecular weight is 599 g/mol. The van der Waals surface area contributed by atoms with E-state index in [0.29, 0.717) is 17.6 Å². The largest absolute Gasteiger partial charge is 0.277 e. The maximum absolute atomic E-state index is 5.31. The molecule has 0 amide bonds. The maximum Gasteiger partial charge on any atom is 0.238 e. The Labute approximate surface area is 270 Å². The normalized spacial score (nSPS) is 11.8. The highest BCUT2D eigenvalue weighted by molar-refractivity contribution is 6.34. The molecule has 218 valence electrons. The lowest BCUT2D eigenvalue weighted by Crippen LogP contribution is -2.07. The van der Waals surface area contributed by atoms with E-state index in [0.717, 1.165) is 38.3 Å². The summed E-state index contributed by atoms with van der Waals surface area (Å²) >= 11 is 0. The van der Waals surface area contributed by atoms with Crippen LogP contribution in [0.15, 0.2) is 158 Å². The molecule has 8 aromatic carbocycles. The van der Waals surface area contributed by atoms with Gasteiger partial charge in [-0.25, -0.2) is 4.98 Å². The van der Waals surface area contributed by atoms with Gasteiger partial charge in [0.05, 0.1) is 11.0 Å². The number of hydrogen-bond acceptors (Lipinski definition) is 3. The molecule has 0 unspecified atom stereocenters. The summed E-state index contributed by atoms with van der Waals surface area (Å²) in [4.78, 5) is 15.7. The van der Waals surface area contributed by atoms with E-state index in [-0.39, 0.29) is 0 Å². The number of benzene rings is 8. The molecule has 2 aromatic heterocycles. The molecule has 4 heteroatoms. The fourth-order valence-corrected chi connectivity index (χ4v) is 7.28. The first kappa shape index (κ1) is 25.9. The molecule has 0 aliphatic rings. The molecular weight excluding hydrogens is 573 g/mol. The Hall–Kier alpha value is -6.39. The van der Waals surface area contributed by atoms with Gasteiger partial charge >= 0.3 is 0 Å². The van der Waals surface area contributed by atoms with Crippen LogP contribution >= 0.6 is 0 Å². The second-order valence-electron chi connectivity index (χ2n) is 12.0. The van der Waals surface area contributed by atoms with Crippen LogP contribution in [-0.2, 0) is 0 Å². The van der Waals surface area contributed by atoms with Crippen molar-refractivity contribution in [3.8, 4) is 28.7 Å². The standard InChI is InChI=1S/C43H26N4/c1-2-14-29(15-3-1)41-44-42(31-23-22-27-12-4-5-16-30(27)26-31)46-43(45-41)47-39-32-17-7-6-13-28(32)24-25-37(39)38-35-20-10-8-18-33(35)34-19-9-11-21-36(34)40(38)47/h1-26H. The predicted molar refractivity (Wildman–Crippen MR) is 195 cm³/mol. The molecule has 0 spiro atoms. The zero-order valence-electron chi connectivity index (χ0n) is 25.3. The molecule has 0 N–H and O–H groups in total. The molecule has 0 bridgehead atoms. The van der Waals surface area contributed by atoms with Crippen LogP contribution in [0.25, 0.3) is 93.6 Å². The van der Waals surface area contributed by atoms with Crippen LogP contribution in [0.3, 0.4) is 0 Å². The number of rotatable bonds is 3. The summed E-state index contributed by atoms with van der Waals surface area (Å²) in [5.74, 6) is 1.87. The van der Waals surface area contributed by atoms with Crippen LogP contribution in [0.4, 0.5) is 0 Å². The van der Waals surface area contributed by atoms with Gasteiger partial charge in [0.2, 0.25) is 5.95 Å². The quantitative estimate of drug-likeness (QED) is 0.190. The van der Waals surface area contributed by atoms with E-state index in [4.69, 9.17) is 15.0 Å². The Morgan fingerprint density at radius 1 is 0.340 bits per heavy atom. The molecule has 0 fully saturated rings. The van der Waals surface area contributed by atoms with Crippen molar-refractivity contribution >= 4 is 64.9 Å². The first-order valence-electron chi connectivity index (χ1n) is 15.9. The fraction of sp³-hybridized carbons (Fsp3) is 0. The Morgan fingerprint density at radius 2 is 0.915 bits per heavy atom. The van der Waals surface area contributed by atoms with Crippen LogP contribution in [0.2, 0.25) is 0 Å². The molecule has 47 heavy (non-hydrogen) atoms. The number of hydrogen-bond donors (Lipinski definition) is 0. The third-order valence-corrected chi connectivity index (χ3v) is 9.39. The van der Waals surface area contributed by atoms with Gasteiger partial charge in [0.1, 0.15) is 0 Å². The first-order valence-corrected chi connectivity index (χ1v) is 15.9. The third-order valence-electron chi connectivity index (χ3n) is 9.39. The van der Waals surface area contributed by atoms with Gasteiger partial charge in [-0.1, -0.05) is 152 Å². The lowest BCUT2D eigenvalue weighted by Gasteiger charge is -2.14. The van der Waals surface area contributed by atoms with Crippen LogP contribution in [0.5, 0.6) is 0 Å². The van der Waals surface area contributed by atoms with Gasteiger partial charge in [-0.05, 0) is 38.4 Å². The second kappa shape index (κ2) is 10.1. The number of aromatic nitrogens is 4. The molecule has 4 nitrogen and oxygen atoms in total. The van der Waals surface area contributed by atoms with Gasteiger partial charge in [0.25, 0.3) is 0 Å². The molecule has 0 atom stereocenters. The molecule has 0 aliphatic carbocycles. The van der Waals surface area contributed by atoms with Crippen LogP contribution in [0, 0.1) is 0 Å². The van der Waals surface area contributed by atoms with Gasteiger partial charge in [-0.2, -0.15) is 9.97 Å². The molecule has 10 aromatic rings. The lowest BCUT2D eigenvalue weighted by atomic mass is 9.96. The van der Waals surface area contributed by atoms with Crippen molar-refractivity contribution in [2.75, 3.05) is 0 Å². The Balaban J connectivity index is 1.41. The number of fused-ring (bicyclic) bond motifs is 11. The average Bonchev–Trinajstić information content (AvgIpc) is 3.51. The van der Waals surface area contributed by atoms with Crippen LogP contribution in [-0.4, -0.2) is 19.5 Å². The van der Waals surface area contributed by atoms with Gasteiger partial charge in [-0.3, -0.25) is 4.57 Å². The summed E-state index contributed by atoms with van der Waals surface area (Å²) in [6, 6.07) is 55.6. The minimum atomic E-state index is 0.596. The Kier molecular flexibility index (Phi) is 5.54. The van der Waals surface area contributed by atoms with Crippen molar-refractivity contribution in [1.29, 1.82) is 0 Å². The van der Waals surface area contributed by atoms with Crippen molar-refractivity contribution in [2.45, 2.75) is 0 Å². The predicted octanol–water partition coefficient (Wildman–Crippen LogP) is 10.9. The van der Waals surface area contributed by atoms with Crippen molar-refractivity contribution < 1.29 is 0 Å². The zero-order valence-corrected chi connectivity index (χ0v) is 25.3. The maximum atomic E-state index is 5.31. The molecule has 2 heterocycles. The summed E-state index contributed by atoms with van der Waals surface area (Å²) < 4.78 is 2.29. The van der Waals surface area contributed by atoms with Crippen molar-refractivity contribution in [3.63, 3.8) is 0 Å². The molecule has 10 rings (SSSR count). The minimum absolute atomic E-state index is 0.596. The first-order chi connectivity index (χ1) is 23.3. The summed E-state index contributed by atoms with van der Waals surface area (Å²) in [6.45, 7) is 0. The van der Waals surface area contributed by atoms with Gasteiger partial charge in [0.15, 0.2) is 11.6 Å². The highest BCUT2D eigenvalue weighted by Crippen LogP contribution is 2.44. The summed E-state index contributed by atoms with van der Waals surface area (Å²) in [6.07, 6.45) is 0. The van der Waals surface area contributed by atoms with E-state index in [1.54, 1.807) is 0 Å². The zero-order chi connectivity index (χ0) is 30.9. The molecule has 0 saturated carbocycles. The summed E-state index contributed by atoms with van der Waals surface area (Å²) in [7, 11) is 0. The summed E-state index contributed by atoms with van der Waals surface area (Å²) in [5, 5.41) is 11.9. The van der Waals surface area contributed by atoms with Crippen molar-refractivity contribution in [1.82, 2.24) is 19.5 Å². The topological polar surface area (TPSA) is 43.6 Å². The van der Waals surface area contributed by atoms with Gasteiger partial charge in [0, 0.05) is 32.7 Å².